The molecule has 2 aromatic rings. The van der Waals surface area contributed by atoms with Gasteiger partial charge in [0.2, 0.25) is 0 Å². The Kier molecular flexibility index (Phi) is 4.16. The van der Waals surface area contributed by atoms with Gasteiger partial charge in [-0.05, 0) is 56.2 Å². The van der Waals surface area contributed by atoms with Crippen molar-refractivity contribution >= 4 is 19.8 Å². The summed E-state index contributed by atoms with van der Waals surface area (Å²) in [6, 6.07) is 21.4. The fourth-order valence-electron chi connectivity index (χ4n) is 2.89. The van der Waals surface area contributed by atoms with Gasteiger partial charge < -0.3 is 9.13 Å². The van der Waals surface area contributed by atoms with Crippen LogP contribution in [0.25, 0.3) is 0 Å². The van der Waals surface area contributed by atoms with Crippen molar-refractivity contribution in [1.82, 2.24) is 4.57 Å². The number of para-hydroxylation sites is 2. The second kappa shape index (κ2) is 6.24. The van der Waals surface area contributed by atoms with E-state index >= 15 is 0 Å². The van der Waals surface area contributed by atoms with Crippen molar-refractivity contribution in [3.05, 3.63) is 85.2 Å². The molecule has 2 aromatic carbocycles. The quantitative estimate of drug-likeness (QED) is 0.711. The highest BCUT2D eigenvalue weighted by molar-refractivity contribution is 6.80. The molecule has 1 aliphatic heterocycles. The largest absolute Gasteiger partial charge is 0.363 e. The first-order chi connectivity index (χ1) is 10.7. The number of hydrogen-bond donors (Lipinski definition) is 0. The van der Waals surface area contributed by atoms with Crippen molar-refractivity contribution in [3.8, 4) is 0 Å². The van der Waals surface area contributed by atoms with E-state index < -0.39 is 8.40 Å². The van der Waals surface area contributed by atoms with Gasteiger partial charge in [0, 0.05) is 11.4 Å². The summed E-state index contributed by atoms with van der Waals surface area (Å²) in [6.07, 6.45) is 9.93. The van der Waals surface area contributed by atoms with Crippen LogP contribution in [0.4, 0.5) is 11.4 Å². The van der Waals surface area contributed by atoms with Crippen LogP contribution in [0.15, 0.2) is 85.2 Å². The molecule has 0 unspecified atom stereocenters. The number of anilines is 2. The minimum Gasteiger partial charge on any atom is -0.363 e. The minimum absolute atomic E-state index is 1.03. The van der Waals surface area contributed by atoms with Crippen LogP contribution in [0.5, 0.6) is 0 Å². The average molecular weight is 306 g/mol. The SMILES string of the molecule is C[Si](C)(N1C=CCC=C1)N(c1ccccc1)c1ccccc1. The van der Waals surface area contributed by atoms with Gasteiger partial charge in [-0.1, -0.05) is 48.6 Å². The summed E-state index contributed by atoms with van der Waals surface area (Å²) < 4.78 is 4.91. The molecule has 0 atom stereocenters. The number of benzene rings is 2. The highest BCUT2D eigenvalue weighted by Gasteiger charge is 2.36. The Morgan fingerprint density at radius 1 is 0.773 bits per heavy atom. The van der Waals surface area contributed by atoms with E-state index in [2.05, 4.69) is 107 Å². The Morgan fingerprint density at radius 2 is 1.23 bits per heavy atom. The van der Waals surface area contributed by atoms with Crippen LogP contribution in [0.2, 0.25) is 13.1 Å². The second-order valence-corrected chi connectivity index (χ2v) is 9.87. The van der Waals surface area contributed by atoms with Crippen LogP contribution >= 0.6 is 0 Å². The molecule has 0 aliphatic carbocycles. The van der Waals surface area contributed by atoms with Gasteiger partial charge in [0.1, 0.15) is 0 Å². The van der Waals surface area contributed by atoms with E-state index in [4.69, 9.17) is 0 Å². The maximum Gasteiger partial charge on any atom is 0.266 e. The van der Waals surface area contributed by atoms with Crippen LogP contribution in [0, 0.1) is 0 Å². The lowest BCUT2D eigenvalue weighted by Gasteiger charge is -2.44. The van der Waals surface area contributed by atoms with E-state index in [-0.39, 0.29) is 0 Å². The Bertz CT molecular complexity index is 611. The molecule has 0 fully saturated rings. The van der Waals surface area contributed by atoms with Gasteiger partial charge in [-0.25, -0.2) is 0 Å². The van der Waals surface area contributed by atoms with Crippen molar-refractivity contribution < 1.29 is 0 Å². The second-order valence-electron chi connectivity index (χ2n) is 5.91. The van der Waals surface area contributed by atoms with E-state index in [1.807, 2.05) is 0 Å². The summed E-state index contributed by atoms with van der Waals surface area (Å²) in [5, 5.41) is 0. The smallest absolute Gasteiger partial charge is 0.266 e. The molecule has 22 heavy (non-hydrogen) atoms. The zero-order valence-electron chi connectivity index (χ0n) is 13.2. The van der Waals surface area contributed by atoms with Gasteiger partial charge in [-0.2, -0.15) is 0 Å². The summed E-state index contributed by atoms with van der Waals surface area (Å²) in [7, 11) is -1.92. The van der Waals surface area contributed by atoms with Gasteiger partial charge in [-0.3, -0.25) is 0 Å². The molecule has 0 aromatic heterocycles. The van der Waals surface area contributed by atoms with Gasteiger partial charge in [-0.15, -0.1) is 0 Å². The van der Waals surface area contributed by atoms with Crippen molar-refractivity contribution in [2.45, 2.75) is 19.5 Å². The third-order valence-corrected chi connectivity index (χ3v) is 7.18. The predicted molar refractivity (Wildman–Crippen MR) is 97.2 cm³/mol. The zero-order chi connectivity index (χ0) is 15.4. The van der Waals surface area contributed by atoms with E-state index in [9.17, 15) is 0 Å². The van der Waals surface area contributed by atoms with Crippen LogP contribution in [-0.4, -0.2) is 13.0 Å². The summed E-state index contributed by atoms with van der Waals surface area (Å²) in [6.45, 7) is 4.76. The van der Waals surface area contributed by atoms with Gasteiger partial charge >= 0.3 is 0 Å². The fraction of sp³-hybridized carbons (Fsp3) is 0.158. The summed E-state index contributed by atoms with van der Waals surface area (Å²) in [4.78, 5) is 0. The standard InChI is InChI=1S/C19H22N2Si/c1-22(2,20-16-10-5-11-17-20)21(18-12-6-3-7-13-18)19-14-8-4-9-15-19/h3-4,6-17H,5H2,1-2H3. The molecule has 0 amide bonds. The Morgan fingerprint density at radius 3 is 1.68 bits per heavy atom. The lowest BCUT2D eigenvalue weighted by molar-refractivity contribution is 0.729. The third-order valence-electron chi connectivity index (χ3n) is 4.01. The minimum atomic E-state index is -1.92. The lowest BCUT2D eigenvalue weighted by Crippen LogP contribution is -2.56. The Hall–Kier alpha value is -2.26. The zero-order valence-corrected chi connectivity index (χ0v) is 14.2. The molecule has 1 aliphatic rings. The first kappa shape index (κ1) is 14.7. The molecular formula is C19H22N2Si. The molecule has 1 heterocycles. The monoisotopic (exact) mass is 306 g/mol. The molecule has 0 saturated heterocycles. The van der Waals surface area contributed by atoms with Crippen molar-refractivity contribution in [2.24, 2.45) is 0 Å². The highest BCUT2D eigenvalue weighted by Crippen LogP contribution is 2.33. The summed E-state index contributed by atoms with van der Waals surface area (Å²) in [5.74, 6) is 0. The molecule has 0 spiro atoms. The molecular weight excluding hydrogens is 284 g/mol. The van der Waals surface area contributed by atoms with Crippen molar-refractivity contribution in [3.63, 3.8) is 0 Å². The topological polar surface area (TPSA) is 6.48 Å². The lowest BCUT2D eigenvalue weighted by atomic mass is 10.3. The summed E-state index contributed by atoms with van der Waals surface area (Å²) >= 11 is 0. The van der Waals surface area contributed by atoms with Gasteiger partial charge in [0.05, 0.1) is 0 Å². The first-order valence-corrected chi connectivity index (χ1v) is 10.6. The van der Waals surface area contributed by atoms with E-state index in [1.54, 1.807) is 0 Å². The van der Waals surface area contributed by atoms with Crippen molar-refractivity contribution in [1.29, 1.82) is 0 Å². The molecule has 2 nitrogen and oxygen atoms in total. The molecule has 3 rings (SSSR count). The van der Waals surface area contributed by atoms with E-state index in [0.29, 0.717) is 0 Å². The van der Waals surface area contributed by atoms with Gasteiger partial charge in [0.25, 0.3) is 8.40 Å². The molecule has 0 radical (unpaired) electrons. The van der Waals surface area contributed by atoms with E-state index in [1.165, 1.54) is 11.4 Å². The molecule has 0 bridgehead atoms. The number of nitrogens with zero attached hydrogens (tertiary/aromatic N) is 2. The van der Waals surface area contributed by atoms with Gasteiger partial charge in [0.15, 0.2) is 0 Å². The van der Waals surface area contributed by atoms with Crippen LogP contribution < -0.4 is 4.57 Å². The molecule has 3 heteroatoms. The number of hydrogen-bond acceptors (Lipinski definition) is 2. The predicted octanol–water partition coefficient (Wildman–Crippen LogP) is 5.26. The fourth-order valence-corrected chi connectivity index (χ4v) is 5.63. The van der Waals surface area contributed by atoms with Crippen LogP contribution in [0.3, 0.4) is 0 Å². The first-order valence-electron chi connectivity index (χ1n) is 7.72. The molecule has 112 valence electrons. The molecule has 0 N–H and O–H groups in total. The van der Waals surface area contributed by atoms with Crippen LogP contribution in [-0.2, 0) is 0 Å². The number of allylic oxidation sites excluding steroid dienone is 2. The average Bonchev–Trinajstić information content (AvgIpc) is 2.58. The highest BCUT2D eigenvalue weighted by atomic mass is 28.3. The third kappa shape index (κ3) is 2.85. The van der Waals surface area contributed by atoms with Crippen LogP contribution in [0.1, 0.15) is 6.42 Å². The maximum absolute atomic E-state index is 2.51. The Balaban J connectivity index is 2.07. The Labute approximate surface area is 134 Å². The summed E-state index contributed by atoms with van der Waals surface area (Å²) in [5.41, 5.74) is 2.50. The maximum atomic E-state index is 2.51. The van der Waals surface area contributed by atoms with E-state index in [0.717, 1.165) is 6.42 Å². The van der Waals surface area contributed by atoms with Crippen molar-refractivity contribution in [2.75, 3.05) is 4.57 Å². The number of rotatable bonds is 4. The molecule has 0 saturated carbocycles. The normalized spacial score (nSPS) is 14.2.